The SMILES string of the molecule is CN(C)C(=O)NCCNC(=O)N1CSC[C@H]1C(=O)O. The lowest BCUT2D eigenvalue weighted by Crippen LogP contribution is -2.48. The molecule has 0 aromatic heterocycles. The van der Waals surface area contributed by atoms with Crippen molar-refractivity contribution in [2.24, 2.45) is 0 Å². The highest BCUT2D eigenvalue weighted by atomic mass is 32.2. The summed E-state index contributed by atoms with van der Waals surface area (Å²) in [4.78, 5) is 36.5. The van der Waals surface area contributed by atoms with E-state index in [9.17, 15) is 14.4 Å². The molecule has 1 aliphatic rings. The van der Waals surface area contributed by atoms with Gasteiger partial charge >= 0.3 is 18.0 Å². The molecule has 108 valence electrons. The van der Waals surface area contributed by atoms with Crippen molar-refractivity contribution < 1.29 is 19.5 Å². The molecule has 0 aliphatic carbocycles. The van der Waals surface area contributed by atoms with Gasteiger partial charge in [0.1, 0.15) is 6.04 Å². The van der Waals surface area contributed by atoms with Gasteiger partial charge in [-0.15, -0.1) is 11.8 Å². The number of amides is 4. The van der Waals surface area contributed by atoms with Gasteiger partial charge in [0.2, 0.25) is 0 Å². The van der Waals surface area contributed by atoms with Crippen LogP contribution in [0.25, 0.3) is 0 Å². The van der Waals surface area contributed by atoms with E-state index in [1.165, 1.54) is 21.6 Å². The Kier molecular flexibility index (Phi) is 5.74. The highest BCUT2D eigenvalue weighted by molar-refractivity contribution is 7.99. The minimum Gasteiger partial charge on any atom is -0.480 e. The van der Waals surface area contributed by atoms with Gasteiger partial charge in [-0.1, -0.05) is 0 Å². The summed E-state index contributed by atoms with van der Waals surface area (Å²) in [5.41, 5.74) is 0. The van der Waals surface area contributed by atoms with Crippen LogP contribution < -0.4 is 10.6 Å². The summed E-state index contributed by atoms with van der Waals surface area (Å²) in [6, 6.07) is -1.44. The molecule has 4 amide bonds. The number of carbonyl (C=O) groups is 3. The van der Waals surface area contributed by atoms with E-state index in [2.05, 4.69) is 10.6 Å². The molecule has 1 atom stereocenters. The first-order valence-electron chi connectivity index (χ1n) is 5.73. The molecular weight excluding hydrogens is 272 g/mol. The molecule has 9 heteroatoms. The number of hydrogen-bond acceptors (Lipinski definition) is 4. The van der Waals surface area contributed by atoms with Gasteiger partial charge in [0.25, 0.3) is 0 Å². The van der Waals surface area contributed by atoms with Crippen LogP contribution in [0.5, 0.6) is 0 Å². The van der Waals surface area contributed by atoms with Crippen molar-refractivity contribution in [3.05, 3.63) is 0 Å². The first kappa shape index (κ1) is 15.4. The summed E-state index contributed by atoms with van der Waals surface area (Å²) in [5, 5.41) is 14.1. The second kappa shape index (κ2) is 7.07. The van der Waals surface area contributed by atoms with Crippen LogP contribution in [-0.4, -0.2) is 77.8 Å². The van der Waals surface area contributed by atoms with Crippen LogP contribution in [0.4, 0.5) is 9.59 Å². The van der Waals surface area contributed by atoms with Crippen molar-refractivity contribution in [2.45, 2.75) is 6.04 Å². The van der Waals surface area contributed by atoms with Gasteiger partial charge in [0.15, 0.2) is 0 Å². The van der Waals surface area contributed by atoms with E-state index in [4.69, 9.17) is 5.11 Å². The maximum atomic E-state index is 11.8. The van der Waals surface area contributed by atoms with Gasteiger partial charge in [-0.25, -0.2) is 14.4 Å². The summed E-state index contributed by atoms with van der Waals surface area (Å²) >= 11 is 1.40. The van der Waals surface area contributed by atoms with Crippen LogP contribution in [0.2, 0.25) is 0 Å². The smallest absolute Gasteiger partial charge is 0.327 e. The van der Waals surface area contributed by atoms with Gasteiger partial charge < -0.3 is 25.5 Å². The summed E-state index contributed by atoms with van der Waals surface area (Å²) in [6.07, 6.45) is 0. The summed E-state index contributed by atoms with van der Waals surface area (Å²) in [5.74, 6) is -0.228. The molecule has 0 bridgehead atoms. The molecule has 0 spiro atoms. The number of rotatable bonds is 4. The largest absolute Gasteiger partial charge is 0.480 e. The Balaban J connectivity index is 2.28. The van der Waals surface area contributed by atoms with E-state index >= 15 is 0 Å². The molecule has 0 unspecified atom stereocenters. The molecule has 0 radical (unpaired) electrons. The van der Waals surface area contributed by atoms with Crippen LogP contribution in [0.1, 0.15) is 0 Å². The average molecular weight is 290 g/mol. The van der Waals surface area contributed by atoms with Gasteiger partial charge in [0.05, 0.1) is 5.88 Å². The first-order chi connectivity index (χ1) is 8.93. The van der Waals surface area contributed by atoms with Crippen LogP contribution in [-0.2, 0) is 4.79 Å². The van der Waals surface area contributed by atoms with Crippen LogP contribution in [0.3, 0.4) is 0 Å². The Bertz CT molecular complexity index is 363. The molecule has 19 heavy (non-hydrogen) atoms. The molecule has 3 N–H and O–H groups in total. The zero-order valence-electron chi connectivity index (χ0n) is 10.9. The predicted octanol–water partition coefficient (Wildman–Crippen LogP) is -0.573. The highest BCUT2D eigenvalue weighted by Gasteiger charge is 2.34. The summed E-state index contributed by atoms with van der Waals surface area (Å²) in [7, 11) is 3.24. The second-order valence-electron chi connectivity index (χ2n) is 4.18. The molecule has 1 fully saturated rings. The number of carboxylic acids is 1. The molecule has 8 nitrogen and oxygen atoms in total. The van der Waals surface area contributed by atoms with Crippen molar-refractivity contribution >= 4 is 29.8 Å². The lowest BCUT2D eigenvalue weighted by molar-refractivity contribution is -0.140. The Morgan fingerprint density at radius 3 is 2.53 bits per heavy atom. The molecule has 1 rings (SSSR count). The van der Waals surface area contributed by atoms with Crippen molar-refractivity contribution in [3.8, 4) is 0 Å². The van der Waals surface area contributed by atoms with Gasteiger partial charge in [-0.2, -0.15) is 0 Å². The fourth-order valence-electron chi connectivity index (χ4n) is 1.45. The summed E-state index contributed by atoms with van der Waals surface area (Å²) < 4.78 is 0. The third-order valence-corrected chi connectivity index (χ3v) is 3.52. The number of nitrogens with one attached hydrogen (secondary N) is 2. The Labute approximate surface area is 115 Å². The topological polar surface area (TPSA) is 102 Å². The molecule has 0 aromatic carbocycles. The monoisotopic (exact) mass is 290 g/mol. The quantitative estimate of drug-likeness (QED) is 0.602. The Morgan fingerprint density at radius 1 is 1.32 bits per heavy atom. The number of nitrogens with zero attached hydrogens (tertiary/aromatic N) is 2. The Morgan fingerprint density at radius 2 is 1.95 bits per heavy atom. The number of carbonyl (C=O) groups excluding carboxylic acids is 2. The third kappa shape index (κ3) is 4.51. The number of urea groups is 2. The van der Waals surface area contributed by atoms with Gasteiger partial charge in [-0.3, -0.25) is 0 Å². The van der Waals surface area contributed by atoms with E-state index < -0.39 is 18.0 Å². The molecule has 0 saturated carbocycles. The van der Waals surface area contributed by atoms with Crippen molar-refractivity contribution in [3.63, 3.8) is 0 Å². The highest BCUT2D eigenvalue weighted by Crippen LogP contribution is 2.20. The fourth-order valence-corrected chi connectivity index (χ4v) is 2.59. The third-order valence-electron chi connectivity index (χ3n) is 2.51. The molecule has 1 aliphatic heterocycles. The second-order valence-corrected chi connectivity index (χ2v) is 5.18. The number of carboxylic acid groups (broad SMARTS) is 1. The van der Waals surface area contributed by atoms with E-state index in [-0.39, 0.29) is 12.6 Å². The number of thioether (sulfide) groups is 1. The molecule has 1 saturated heterocycles. The Hall–Kier alpha value is -1.64. The van der Waals surface area contributed by atoms with Crippen molar-refractivity contribution in [1.82, 2.24) is 20.4 Å². The van der Waals surface area contributed by atoms with E-state index in [1.54, 1.807) is 14.1 Å². The molecular formula is C10H18N4O4S. The standard InChI is InChI=1S/C10H18N4O4S/c1-13(2)9(17)11-3-4-12-10(18)14-6-19-5-7(14)8(15)16/h7H,3-6H2,1-2H3,(H,11,17)(H,12,18)(H,15,16)/t7-/m0/s1. The maximum absolute atomic E-state index is 11.8. The first-order valence-corrected chi connectivity index (χ1v) is 6.89. The van der Waals surface area contributed by atoms with Crippen LogP contribution in [0.15, 0.2) is 0 Å². The van der Waals surface area contributed by atoms with Crippen molar-refractivity contribution in [2.75, 3.05) is 38.8 Å². The number of aliphatic carboxylic acids is 1. The van der Waals surface area contributed by atoms with E-state index in [1.807, 2.05) is 0 Å². The van der Waals surface area contributed by atoms with Gasteiger partial charge in [-0.05, 0) is 0 Å². The van der Waals surface area contributed by atoms with E-state index in [0.29, 0.717) is 18.2 Å². The lowest BCUT2D eigenvalue weighted by Gasteiger charge is -2.21. The zero-order chi connectivity index (χ0) is 14.4. The zero-order valence-corrected chi connectivity index (χ0v) is 11.7. The summed E-state index contributed by atoms with van der Waals surface area (Å²) in [6.45, 7) is 0.549. The fraction of sp³-hybridized carbons (Fsp3) is 0.700. The normalized spacial score (nSPS) is 18.0. The number of hydrogen-bond donors (Lipinski definition) is 3. The molecule has 0 aromatic rings. The maximum Gasteiger partial charge on any atom is 0.327 e. The van der Waals surface area contributed by atoms with Crippen molar-refractivity contribution in [1.29, 1.82) is 0 Å². The minimum atomic E-state index is -0.999. The van der Waals surface area contributed by atoms with E-state index in [0.717, 1.165) is 0 Å². The van der Waals surface area contributed by atoms with Gasteiger partial charge in [0, 0.05) is 32.9 Å². The predicted molar refractivity (Wildman–Crippen MR) is 71.1 cm³/mol. The minimum absolute atomic E-state index is 0.241. The van der Waals surface area contributed by atoms with Crippen LogP contribution in [0, 0.1) is 0 Å². The van der Waals surface area contributed by atoms with Crippen LogP contribution >= 0.6 is 11.8 Å². The molecule has 1 heterocycles. The average Bonchev–Trinajstić information content (AvgIpc) is 2.83. The lowest BCUT2D eigenvalue weighted by atomic mass is 10.3.